The minimum absolute atomic E-state index is 0.433. The molecule has 30 heavy (non-hydrogen) atoms. The number of aromatic nitrogens is 2. The Morgan fingerprint density at radius 1 is 1.00 bits per heavy atom. The number of halogens is 1. The Balaban J connectivity index is 1.49. The van der Waals surface area contributed by atoms with Crippen LogP contribution in [0.25, 0.3) is 22.5 Å². The summed E-state index contributed by atoms with van der Waals surface area (Å²) >= 11 is 6.26. The van der Waals surface area contributed by atoms with Gasteiger partial charge in [0.05, 0.1) is 24.6 Å². The predicted octanol–water partition coefficient (Wildman–Crippen LogP) is 4.10. The molecule has 2 aliphatic heterocycles. The van der Waals surface area contributed by atoms with Gasteiger partial charge in [-0.3, -0.25) is 4.90 Å². The number of ether oxygens (including phenoxy) is 2. The van der Waals surface area contributed by atoms with Crippen molar-refractivity contribution >= 4 is 17.5 Å². The van der Waals surface area contributed by atoms with Crippen LogP contribution in [0.2, 0.25) is 5.02 Å². The number of benzene rings is 2. The standard InChI is InChI=1S/C23H23ClN4O2/c24-17-5-3-4-16(14-17)21-19-15-30-20-7-2-1-6-18(20)22(19)27-23(26-21)25-8-9-28-10-12-29-13-11-28/h1-7,14H,8-13,15H2,(H,25,26,27). The fourth-order valence-corrected chi connectivity index (χ4v) is 4.08. The van der Waals surface area contributed by atoms with Gasteiger partial charge in [0.15, 0.2) is 0 Å². The van der Waals surface area contributed by atoms with Crippen LogP contribution in [0, 0.1) is 0 Å². The van der Waals surface area contributed by atoms with E-state index < -0.39 is 0 Å². The summed E-state index contributed by atoms with van der Waals surface area (Å²) in [6, 6.07) is 15.8. The molecule has 0 radical (unpaired) electrons. The van der Waals surface area contributed by atoms with E-state index in [0.717, 1.165) is 73.2 Å². The molecular weight excluding hydrogens is 400 g/mol. The number of morpholine rings is 1. The summed E-state index contributed by atoms with van der Waals surface area (Å²) in [7, 11) is 0. The van der Waals surface area contributed by atoms with Gasteiger partial charge in [0.25, 0.3) is 0 Å². The Bertz CT molecular complexity index is 1050. The van der Waals surface area contributed by atoms with E-state index in [1.165, 1.54) is 0 Å². The van der Waals surface area contributed by atoms with Gasteiger partial charge in [0, 0.05) is 47.9 Å². The molecule has 0 atom stereocenters. The van der Waals surface area contributed by atoms with Crippen LogP contribution in [0.5, 0.6) is 5.75 Å². The van der Waals surface area contributed by atoms with Crippen molar-refractivity contribution in [3.63, 3.8) is 0 Å². The third kappa shape index (κ3) is 3.99. The molecular formula is C23H23ClN4O2. The molecule has 0 spiro atoms. The van der Waals surface area contributed by atoms with Crippen LogP contribution in [0.15, 0.2) is 48.5 Å². The summed E-state index contributed by atoms with van der Waals surface area (Å²) < 4.78 is 11.4. The van der Waals surface area contributed by atoms with Gasteiger partial charge in [-0.05, 0) is 24.3 Å². The maximum atomic E-state index is 6.26. The van der Waals surface area contributed by atoms with Gasteiger partial charge in [-0.15, -0.1) is 0 Å². The smallest absolute Gasteiger partial charge is 0.223 e. The quantitative estimate of drug-likeness (QED) is 0.668. The second-order valence-corrected chi connectivity index (χ2v) is 7.84. The molecule has 5 rings (SSSR count). The summed E-state index contributed by atoms with van der Waals surface area (Å²) in [5.41, 5.74) is 4.69. The zero-order valence-corrected chi connectivity index (χ0v) is 17.4. The van der Waals surface area contributed by atoms with Crippen LogP contribution in [-0.4, -0.2) is 54.3 Å². The van der Waals surface area contributed by atoms with Gasteiger partial charge in [-0.2, -0.15) is 0 Å². The monoisotopic (exact) mass is 422 g/mol. The van der Waals surface area contributed by atoms with E-state index in [4.69, 9.17) is 31.0 Å². The topological polar surface area (TPSA) is 59.5 Å². The number of hydrogen-bond acceptors (Lipinski definition) is 6. The van der Waals surface area contributed by atoms with Crippen molar-refractivity contribution in [1.82, 2.24) is 14.9 Å². The fourth-order valence-electron chi connectivity index (χ4n) is 3.89. The van der Waals surface area contributed by atoms with E-state index in [2.05, 4.69) is 10.2 Å². The number of anilines is 1. The molecule has 2 aromatic carbocycles. The van der Waals surface area contributed by atoms with E-state index in [9.17, 15) is 0 Å². The van der Waals surface area contributed by atoms with Crippen molar-refractivity contribution in [3.05, 3.63) is 59.1 Å². The van der Waals surface area contributed by atoms with Gasteiger partial charge in [-0.25, -0.2) is 9.97 Å². The van der Waals surface area contributed by atoms with Crippen LogP contribution < -0.4 is 10.1 Å². The molecule has 0 aliphatic carbocycles. The Morgan fingerprint density at radius 2 is 1.83 bits per heavy atom. The van der Waals surface area contributed by atoms with Crippen molar-refractivity contribution in [2.75, 3.05) is 44.7 Å². The molecule has 7 heteroatoms. The first-order valence-electron chi connectivity index (χ1n) is 10.2. The Hall–Kier alpha value is -2.67. The molecule has 3 heterocycles. The van der Waals surface area contributed by atoms with E-state index in [0.29, 0.717) is 17.6 Å². The molecule has 0 bridgehead atoms. The molecule has 0 saturated carbocycles. The average Bonchev–Trinajstić information content (AvgIpc) is 2.79. The molecule has 154 valence electrons. The molecule has 1 saturated heterocycles. The van der Waals surface area contributed by atoms with Crippen molar-refractivity contribution in [3.8, 4) is 28.3 Å². The molecule has 3 aromatic rings. The maximum Gasteiger partial charge on any atom is 0.223 e. The zero-order chi connectivity index (χ0) is 20.3. The van der Waals surface area contributed by atoms with E-state index >= 15 is 0 Å². The summed E-state index contributed by atoms with van der Waals surface area (Å²) in [4.78, 5) is 12.1. The minimum Gasteiger partial charge on any atom is -0.488 e. The highest BCUT2D eigenvalue weighted by molar-refractivity contribution is 6.30. The summed E-state index contributed by atoms with van der Waals surface area (Å²) in [6.07, 6.45) is 0. The highest BCUT2D eigenvalue weighted by Gasteiger charge is 2.24. The second-order valence-electron chi connectivity index (χ2n) is 7.40. The molecule has 1 fully saturated rings. The Labute approximate surface area is 180 Å². The summed E-state index contributed by atoms with van der Waals surface area (Å²) in [6.45, 7) is 5.65. The zero-order valence-electron chi connectivity index (χ0n) is 16.6. The van der Waals surface area contributed by atoms with E-state index in [-0.39, 0.29) is 0 Å². The highest BCUT2D eigenvalue weighted by atomic mass is 35.5. The second kappa shape index (κ2) is 8.60. The molecule has 2 aliphatic rings. The number of fused-ring (bicyclic) bond motifs is 3. The number of hydrogen-bond donors (Lipinski definition) is 1. The average molecular weight is 423 g/mol. The van der Waals surface area contributed by atoms with Crippen LogP contribution in [0.1, 0.15) is 5.56 Å². The minimum atomic E-state index is 0.433. The van der Waals surface area contributed by atoms with Gasteiger partial charge in [0.2, 0.25) is 5.95 Å². The van der Waals surface area contributed by atoms with Gasteiger partial charge in [-0.1, -0.05) is 35.9 Å². The lowest BCUT2D eigenvalue weighted by atomic mass is 9.98. The first-order valence-corrected chi connectivity index (χ1v) is 10.6. The first kappa shape index (κ1) is 19.3. The Morgan fingerprint density at radius 3 is 2.70 bits per heavy atom. The first-order chi connectivity index (χ1) is 14.8. The lowest BCUT2D eigenvalue weighted by Crippen LogP contribution is -2.39. The molecule has 1 aromatic heterocycles. The van der Waals surface area contributed by atoms with Crippen molar-refractivity contribution in [1.29, 1.82) is 0 Å². The number of nitrogens with zero attached hydrogens (tertiary/aromatic N) is 3. The van der Waals surface area contributed by atoms with Gasteiger partial charge >= 0.3 is 0 Å². The van der Waals surface area contributed by atoms with Crippen LogP contribution in [0.3, 0.4) is 0 Å². The van der Waals surface area contributed by atoms with Crippen LogP contribution >= 0.6 is 11.6 Å². The molecule has 0 unspecified atom stereocenters. The third-order valence-electron chi connectivity index (χ3n) is 5.43. The number of nitrogens with one attached hydrogen (secondary N) is 1. The van der Waals surface area contributed by atoms with Crippen molar-refractivity contribution in [2.45, 2.75) is 6.61 Å². The number of rotatable bonds is 5. The van der Waals surface area contributed by atoms with E-state index in [1.807, 2.05) is 48.5 Å². The summed E-state index contributed by atoms with van der Waals surface area (Å²) in [5, 5.41) is 4.10. The van der Waals surface area contributed by atoms with Crippen LogP contribution in [0.4, 0.5) is 5.95 Å². The maximum absolute atomic E-state index is 6.26. The largest absolute Gasteiger partial charge is 0.488 e. The highest BCUT2D eigenvalue weighted by Crippen LogP contribution is 2.40. The van der Waals surface area contributed by atoms with Gasteiger partial charge in [0.1, 0.15) is 12.4 Å². The Kier molecular flexibility index (Phi) is 5.53. The fraction of sp³-hybridized carbons (Fsp3) is 0.304. The van der Waals surface area contributed by atoms with E-state index in [1.54, 1.807) is 0 Å². The SMILES string of the molecule is Clc1cccc(-c2nc(NCCN3CCOCC3)nc3c2COc2ccccc2-3)c1. The van der Waals surface area contributed by atoms with Crippen molar-refractivity contribution in [2.24, 2.45) is 0 Å². The lowest BCUT2D eigenvalue weighted by molar-refractivity contribution is 0.0398. The molecule has 0 amide bonds. The van der Waals surface area contributed by atoms with Crippen molar-refractivity contribution < 1.29 is 9.47 Å². The predicted molar refractivity (Wildman–Crippen MR) is 118 cm³/mol. The number of para-hydroxylation sites is 1. The summed E-state index contributed by atoms with van der Waals surface area (Å²) in [5.74, 6) is 1.47. The van der Waals surface area contributed by atoms with Crippen LogP contribution in [-0.2, 0) is 11.3 Å². The third-order valence-corrected chi connectivity index (χ3v) is 5.67. The molecule has 6 nitrogen and oxygen atoms in total. The van der Waals surface area contributed by atoms with Gasteiger partial charge < -0.3 is 14.8 Å². The normalized spacial score (nSPS) is 15.8. The molecule has 1 N–H and O–H groups in total. The lowest BCUT2D eigenvalue weighted by Gasteiger charge is -2.26.